The van der Waals surface area contributed by atoms with Crippen LogP contribution in [-0.2, 0) is 11.3 Å². The Morgan fingerprint density at radius 1 is 0.833 bits per heavy atom. The van der Waals surface area contributed by atoms with Crippen LogP contribution in [0, 0.1) is 0 Å². The minimum absolute atomic E-state index is 0.323. The smallest absolute Gasteiger partial charge is 0.407 e. The number of unbranched alkanes of at least 4 members (excludes halogenated alkanes) is 9. The van der Waals surface area contributed by atoms with Crippen molar-refractivity contribution in [3.63, 3.8) is 0 Å². The third kappa shape index (κ3) is 11.9. The van der Waals surface area contributed by atoms with Gasteiger partial charge in [-0.25, -0.2) is 4.79 Å². The van der Waals surface area contributed by atoms with E-state index in [9.17, 15) is 4.79 Å². The molecule has 0 aliphatic carbocycles. The van der Waals surface area contributed by atoms with Crippen molar-refractivity contribution < 1.29 is 9.53 Å². The molecule has 0 fully saturated rings. The molecule has 0 aliphatic rings. The van der Waals surface area contributed by atoms with Crippen LogP contribution in [0.25, 0.3) is 0 Å². The van der Waals surface area contributed by atoms with Crippen molar-refractivity contribution in [2.24, 2.45) is 5.73 Å². The SMILES string of the molecule is NCCCCCCCCCCCCNC(=O)OCc1ccccc1. The second kappa shape index (κ2) is 15.0. The molecule has 0 saturated heterocycles. The Morgan fingerprint density at radius 2 is 1.38 bits per heavy atom. The fraction of sp³-hybridized carbons (Fsp3) is 0.650. The van der Waals surface area contributed by atoms with E-state index in [0.29, 0.717) is 13.2 Å². The van der Waals surface area contributed by atoms with Gasteiger partial charge in [-0.3, -0.25) is 0 Å². The van der Waals surface area contributed by atoms with Crippen LogP contribution >= 0.6 is 0 Å². The lowest BCUT2D eigenvalue weighted by atomic mass is 10.1. The van der Waals surface area contributed by atoms with Gasteiger partial charge < -0.3 is 15.8 Å². The van der Waals surface area contributed by atoms with E-state index in [1.165, 1.54) is 57.8 Å². The molecular formula is C20H34N2O2. The van der Waals surface area contributed by atoms with Crippen molar-refractivity contribution in [1.82, 2.24) is 5.32 Å². The number of carbonyl (C=O) groups excluding carboxylic acids is 1. The molecule has 136 valence electrons. The summed E-state index contributed by atoms with van der Waals surface area (Å²) in [5, 5.41) is 2.81. The maximum atomic E-state index is 11.6. The molecule has 1 amide bonds. The van der Waals surface area contributed by atoms with Crippen molar-refractivity contribution in [1.29, 1.82) is 0 Å². The van der Waals surface area contributed by atoms with Crippen LogP contribution in [0.1, 0.15) is 69.8 Å². The molecular weight excluding hydrogens is 300 g/mol. The van der Waals surface area contributed by atoms with Crippen LogP contribution < -0.4 is 11.1 Å². The lowest BCUT2D eigenvalue weighted by Crippen LogP contribution is -2.25. The van der Waals surface area contributed by atoms with Crippen LogP contribution in [-0.4, -0.2) is 19.2 Å². The van der Waals surface area contributed by atoms with Crippen molar-refractivity contribution in [2.75, 3.05) is 13.1 Å². The predicted octanol–water partition coefficient (Wildman–Crippen LogP) is 4.77. The summed E-state index contributed by atoms with van der Waals surface area (Å²) in [6, 6.07) is 9.73. The largest absolute Gasteiger partial charge is 0.445 e. The highest BCUT2D eigenvalue weighted by molar-refractivity contribution is 5.67. The zero-order chi connectivity index (χ0) is 17.3. The summed E-state index contributed by atoms with van der Waals surface area (Å²) in [6.07, 6.45) is 12.2. The number of nitrogens with one attached hydrogen (secondary N) is 1. The highest BCUT2D eigenvalue weighted by atomic mass is 16.5. The molecule has 0 unspecified atom stereocenters. The predicted molar refractivity (Wildman–Crippen MR) is 99.9 cm³/mol. The van der Waals surface area contributed by atoms with Crippen molar-refractivity contribution in [2.45, 2.75) is 70.8 Å². The molecule has 24 heavy (non-hydrogen) atoms. The summed E-state index contributed by atoms with van der Waals surface area (Å²) in [5.41, 5.74) is 6.49. The third-order valence-electron chi connectivity index (χ3n) is 4.11. The molecule has 0 radical (unpaired) electrons. The van der Waals surface area contributed by atoms with Crippen LogP contribution in [0.3, 0.4) is 0 Å². The van der Waals surface area contributed by atoms with Crippen LogP contribution in [0.15, 0.2) is 30.3 Å². The minimum Gasteiger partial charge on any atom is -0.445 e. The topological polar surface area (TPSA) is 64.3 Å². The van der Waals surface area contributed by atoms with Crippen LogP contribution in [0.5, 0.6) is 0 Å². The number of ether oxygens (including phenoxy) is 1. The molecule has 0 spiro atoms. The molecule has 0 heterocycles. The Labute approximate surface area is 147 Å². The molecule has 0 bridgehead atoms. The van der Waals surface area contributed by atoms with Gasteiger partial charge in [0.1, 0.15) is 6.61 Å². The highest BCUT2D eigenvalue weighted by Crippen LogP contribution is 2.10. The Bertz CT molecular complexity index is 409. The number of carbonyl (C=O) groups is 1. The molecule has 0 atom stereocenters. The number of benzene rings is 1. The van der Waals surface area contributed by atoms with Gasteiger partial charge in [0.2, 0.25) is 0 Å². The molecule has 3 N–H and O–H groups in total. The first-order valence-electron chi connectivity index (χ1n) is 9.47. The van der Waals surface area contributed by atoms with Crippen molar-refractivity contribution >= 4 is 6.09 Å². The third-order valence-corrected chi connectivity index (χ3v) is 4.11. The summed E-state index contributed by atoms with van der Waals surface area (Å²) in [7, 11) is 0. The summed E-state index contributed by atoms with van der Waals surface area (Å²) >= 11 is 0. The molecule has 0 aromatic heterocycles. The number of hydrogen-bond donors (Lipinski definition) is 2. The Hall–Kier alpha value is -1.55. The molecule has 1 aromatic rings. The average molecular weight is 335 g/mol. The van der Waals surface area contributed by atoms with E-state index in [2.05, 4.69) is 5.32 Å². The summed E-state index contributed by atoms with van der Waals surface area (Å²) in [4.78, 5) is 11.6. The summed E-state index contributed by atoms with van der Waals surface area (Å²) in [5.74, 6) is 0. The van der Waals surface area contributed by atoms with Gasteiger partial charge in [-0.2, -0.15) is 0 Å². The second-order valence-electron chi connectivity index (χ2n) is 6.31. The fourth-order valence-corrected chi connectivity index (χ4v) is 2.65. The van der Waals surface area contributed by atoms with Crippen molar-refractivity contribution in [3.05, 3.63) is 35.9 Å². The van der Waals surface area contributed by atoms with E-state index >= 15 is 0 Å². The van der Waals surface area contributed by atoms with Gasteiger partial charge in [-0.15, -0.1) is 0 Å². The van der Waals surface area contributed by atoms with Gasteiger partial charge in [0.05, 0.1) is 0 Å². The van der Waals surface area contributed by atoms with Gasteiger partial charge >= 0.3 is 6.09 Å². The highest BCUT2D eigenvalue weighted by Gasteiger charge is 2.01. The van der Waals surface area contributed by atoms with Gasteiger partial charge in [-0.05, 0) is 24.9 Å². The van der Waals surface area contributed by atoms with Gasteiger partial charge in [-0.1, -0.05) is 81.7 Å². The Balaban J connectivity index is 1.82. The number of hydrogen-bond acceptors (Lipinski definition) is 3. The maximum Gasteiger partial charge on any atom is 0.407 e. The second-order valence-corrected chi connectivity index (χ2v) is 6.31. The normalized spacial score (nSPS) is 10.5. The van der Waals surface area contributed by atoms with Gasteiger partial charge in [0, 0.05) is 6.54 Å². The van der Waals surface area contributed by atoms with Crippen LogP contribution in [0.4, 0.5) is 4.79 Å². The monoisotopic (exact) mass is 334 g/mol. The van der Waals surface area contributed by atoms with E-state index in [4.69, 9.17) is 10.5 Å². The van der Waals surface area contributed by atoms with Crippen molar-refractivity contribution in [3.8, 4) is 0 Å². The van der Waals surface area contributed by atoms with Gasteiger partial charge in [0.25, 0.3) is 0 Å². The van der Waals surface area contributed by atoms with E-state index in [1.807, 2.05) is 30.3 Å². The van der Waals surface area contributed by atoms with E-state index in [1.54, 1.807) is 0 Å². The molecule has 1 rings (SSSR count). The zero-order valence-corrected chi connectivity index (χ0v) is 15.0. The molecule has 4 nitrogen and oxygen atoms in total. The number of alkyl carbamates (subject to hydrolysis) is 1. The quantitative estimate of drug-likeness (QED) is 0.482. The zero-order valence-electron chi connectivity index (χ0n) is 15.0. The fourth-order valence-electron chi connectivity index (χ4n) is 2.65. The first-order chi connectivity index (χ1) is 11.8. The van der Waals surface area contributed by atoms with Crippen LogP contribution in [0.2, 0.25) is 0 Å². The number of amides is 1. The molecule has 4 heteroatoms. The maximum absolute atomic E-state index is 11.6. The first-order valence-corrected chi connectivity index (χ1v) is 9.47. The van der Waals surface area contributed by atoms with E-state index in [-0.39, 0.29) is 6.09 Å². The Kier molecular flexibility index (Phi) is 12.8. The lowest BCUT2D eigenvalue weighted by molar-refractivity contribution is 0.139. The lowest BCUT2D eigenvalue weighted by Gasteiger charge is -2.07. The summed E-state index contributed by atoms with van der Waals surface area (Å²) < 4.78 is 5.17. The summed E-state index contributed by atoms with van der Waals surface area (Å²) in [6.45, 7) is 1.86. The molecule has 0 saturated carbocycles. The van der Waals surface area contributed by atoms with E-state index in [0.717, 1.165) is 18.5 Å². The number of nitrogens with two attached hydrogens (primary N) is 1. The average Bonchev–Trinajstić information content (AvgIpc) is 2.62. The first kappa shape index (κ1) is 20.5. The molecule has 0 aliphatic heterocycles. The Morgan fingerprint density at radius 3 is 1.96 bits per heavy atom. The standard InChI is InChI=1S/C20H34N2O2/c21-16-12-7-5-3-1-2-4-6-8-13-17-22-20(23)24-18-19-14-10-9-11-15-19/h9-11,14-15H,1-8,12-13,16-18,21H2,(H,22,23). The molecule has 1 aromatic carbocycles. The minimum atomic E-state index is -0.323. The number of rotatable bonds is 14. The van der Waals surface area contributed by atoms with Gasteiger partial charge in [0.15, 0.2) is 0 Å². The van der Waals surface area contributed by atoms with E-state index < -0.39 is 0 Å².